The maximum Gasteiger partial charge on any atom is 0.225 e. The molecule has 1 aliphatic heterocycles. The number of benzene rings is 1. The molecule has 0 bridgehead atoms. The highest BCUT2D eigenvalue weighted by molar-refractivity contribution is 9.10. The van der Waals surface area contributed by atoms with Crippen LogP contribution in [0.15, 0.2) is 28.9 Å². The number of anilines is 1. The molecule has 106 valence electrons. The van der Waals surface area contributed by atoms with E-state index >= 15 is 0 Å². The van der Waals surface area contributed by atoms with E-state index in [-0.39, 0.29) is 0 Å². The fourth-order valence-electron chi connectivity index (χ4n) is 2.59. The zero-order chi connectivity index (χ0) is 14.1. The summed E-state index contributed by atoms with van der Waals surface area (Å²) in [6, 6.07) is 6.73. The van der Waals surface area contributed by atoms with Crippen molar-refractivity contribution in [1.82, 2.24) is 14.9 Å². The van der Waals surface area contributed by atoms with Gasteiger partial charge in [0.1, 0.15) is 0 Å². The molecule has 0 atom stereocenters. The van der Waals surface area contributed by atoms with Crippen LogP contribution < -0.4 is 4.90 Å². The lowest BCUT2D eigenvalue weighted by molar-refractivity contribution is 0.208. The minimum atomic E-state index is 0.618. The first-order valence-corrected chi connectivity index (χ1v) is 7.84. The van der Waals surface area contributed by atoms with E-state index in [0.717, 1.165) is 47.5 Å². The molecule has 0 unspecified atom stereocenters. The molecule has 1 fully saturated rings. The van der Waals surface area contributed by atoms with Gasteiger partial charge in [-0.05, 0) is 32.0 Å². The second-order valence-corrected chi connectivity index (χ2v) is 6.41. The Morgan fingerprint density at radius 2 is 1.90 bits per heavy atom. The number of nitrogens with zero attached hydrogens (tertiary/aromatic N) is 4. The van der Waals surface area contributed by atoms with Crippen LogP contribution in [0.4, 0.5) is 5.95 Å². The minimum Gasteiger partial charge on any atom is -0.338 e. The molecule has 0 radical (unpaired) electrons. The van der Waals surface area contributed by atoms with Crippen molar-refractivity contribution in [2.45, 2.75) is 19.9 Å². The van der Waals surface area contributed by atoms with Gasteiger partial charge in [0.15, 0.2) is 0 Å². The van der Waals surface area contributed by atoms with Gasteiger partial charge in [-0.1, -0.05) is 15.9 Å². The second kappa shape index (κ2) is 5.66. The summed E-state index contributed by atoms with van der Waals surface area (Å²) in [5.74, 6) is 0.850. The average molecular weight is 335 g/mol. The third-order valence-corrected chi connectivity index (χ3v) is 4.35. The molecule has 3 rings (SSSR count). The maximum absolute atomic E-state index is 4.69. The lowest BCUT2D eigenvalue weighted by Crippen LogP contribution is -2.49. The van der Waals surface area contributed by atoms with Gasteiger partial charge in [-0.2, -0.15) is 0 Å². The second-order valence-electron chi connectivity index (χ2n) is 5.49. The summed E-state index contributed by atoms with van der Waals surface area (Å²) in [5.41, 5.74) is 1.00. The van der Waals surface area contributed by atoms with Crippen molar-refractivity contribution in [2.75, 3.05) is 31.1 Å². The number of aromatic nitrogens is 2. The number of fused-ring (bicyclic) bond motifs is 1. The molecule has 1 aromatic heterocycles. The Morgan fingerprint density at radius 3 is 2.60 bits per heavy atom. The first kappa shape index (κ1) is 13.8. The van der Waals surface area contributed by atoms with Crippen LogP contribution in [-0.4, -0.2) is 47.1 Å². The van der Waals surface area contributed by atoms with Gasteiger partial charge in [0.2, 0.25) is 5.95 Å². The molecule has 0 saturated carbocycles. The third kappa shape index (κ3) is 2.79. The Morgan fingerprint density at radius 1 is 1.15 bits per heavy atom. The van der Waals surface area contributed by atoms with E-state index in [1.165, 1.54) is 0 Å². The zero-order valence-electron chi connectivity index (χ0n) is 11.9. The van der Waals surface area contributed by atoms with E-state index in [1.807, 2.05) is 18.3 Å². The summed E-state index contributed by atoms with van der Waals surface area (Å²) < 4.78 is 1.06. The molecule has 2 aromatic rings. The van der Waals surface area contributed by atoms with E-state index in [0.29, 0.717) is 6.04 Å². The summed E-state index contributed by atoms with van der Waals surface area (Å²) in [5, 5.41) is 1.07. The van der Waals surface area contributed by atoms with Crippen molar-refractivity contribution in [3.8, 4) is 0 Å². The van der Waals surface area contributed by atoms with Gasteiger partial charge >= 0.3 is 0 Å². The van der Waals surface area contributed by atoms with Crippen LogP contribution >= 0.6 is 15.9 Å². The highest BCUT2D eigenvalue weighted by Gasteiger charge is 2.20. The van der Waals surface area contributed by atoms with Gasteiger partial charge in [-0.3, -0.25) is 4.90 Å². The number of halogens is 1. The van der Waals surface area contributed by atoms with Crippen molar-refractivity contribution in [3.63, 3.8) is 0 Å². The monoisotopic (exact) mass is 334 g/mol. The smallest absolute Gasteiger partial charge is 0.225 e. The molecular weight excluding hydrogens is 316 g/mol. The SMILES string of the molecule is CC(C)N1CCN(c2ncc3cc(Br)ccc3n2)CC1. The Hall–Kier alpha value is -1.20. The highest BCUT2D eigenvalue weighted by Crippen LogP contribution is 2.20. The first-order chi connectivity index (χ1) is 9.63. The normalized spacial score (nSPS) is 17.1. The van der Waals surface area contributed by atoms with Crippen molar-refractivity contribution >= 4 is 32.8 Å². The number of hydrogen-bond donors (Lipinski definition) is 0. The predicted octanol–water partition coefficient (Wildman–Crippen LogP) is 2.92. The summed E-state index contributed by atoms with van der Waals surface area (Å²) in [4.78, 5) is 14.0. The average Bonchev–Trinajstić information content (AvgIpc) is 2.47. The molecule has 5 heteroatoms. The molecule has 1 saturated heterocycles. The van der Waals surface area contributed by atoms with Crippen LogP contribution in [0, 0.1) is 0 Å². The van der Waals surface area contributed by atoms with E-state index in [4.69, 9.17) is 0 Å². The van der Waals surface area contributed by atoms with Crippen molar-refractivity contribution < 1.29 is 0 Å². The van der Waals surface area contributed by atoms with Gasteiger partial charge in [0, 0.05) is 48.3 Å². The van der Waals surface area contributed by atoms with Crippen LogP contribution in [0.3, 0.4) is 0 Å². The third-order valence-electron chi connectivity index (χ3n) is 3.86. The van der Waals surface area contributed by atoms with Crippen LogP contribution in [-0.2, 0) is 0 Å². The maximum atomic E-state index is 4.69. The van der Waals surface area contributed by atoms with Crippen LogP contribution in [0.1, 0.15) is 13.8 Å². The molecule has 0 amide bonds. The van der Waals surface area contributed by atoms with Gasteiger partial charge < -0.3 is 4.90 Å². The summed E-state index contributed by atoms with van der Waals surface area (Å²) in [7, 11) is 0. The quantitative estimate of drug-likeness (QED) is 0.845. The fraction of sp³-hybridized carbons (Fsp3) is 0.467. The number of piperazine rings is 1. The van der Waals surface area contributed by atoms with Crippen LogP contribution in [0.5, 0.6) is 0 Å². The molecule has 0 aliphatic carbocycles. The van der Waals surface area contributed by atoms with Crippen molar-refractivity contribution in [1.29, 1.82) is 0 Å². The molecule has 0 spiro atoms. The van der Waals surface area contributed by atoms with Gasteiger partial charge in [-0.25, -0.2) is 9.97 Å². The Bertz CT molecular complexity index is 606. The number of rotatable bonds is 2. The van der Waals surface area contributed by atoms with E-state index < -0.39 is 0 Å². The van der Waals surface area contributed by atoms with E-state index in [1.54, 1.807) is 0 Å². The molecule has 4 nitrogen and oxygen atoms in total. The molecule has 1 aromatic carbocycles. The standard InChI is InChI=1S/C15H19BrN4/c1-11(2)19-5-7-20(8-6-19)15-17-10-12-9-13(16)3-4-14(12)18-15/h3-4,9-11H,5-8H2,1-2H3. The van der Waals surface area contributed by atoms with E-state index in [2.05, 4.69) is 55.6 Å². The van der Waals surface area contributed by atoms with Crippen LogP contribution in [0.2, 0.25) is 0 Å². The lowest BCUT2D eigenvalue weighted by atomic mass is 10.2. The highest BCUT2D eigenvalue weighted by atomic mass is 79.9. The summed E-state index contributed by atoms with van der Waals surface area (Å²) in [6.07, 6.45) is 1.91. The Kier molecular flexibility index (Phi) is 3.89. The van der Waals surface area contributed by atoms with Gasteiger partial charge in [0.25, 0.3) is 0 Å². The molecule has 0 N–H and O–H groups in total. The van der Waals surface area contributed by atoms with Crippen molar-refractivity contribution in [2.24, 2.45) is 0 Å². The summed E-state index contributed by atoms with van der Waals surface area (Å²) >= 11 is 3.48. The molecule has 2 heterocycles. The van der Waals surface area contributed by atoms with Gasteiger partial charge in [-0.15, -0.1) is 0 Å². The summed E-state index contributed by atoms with van der Waals surface area (Å²) in [6.45, 7) is 8.67. The van der Waals surface area contributed by atoms with Crippen LogP contribution in [0.25, 0.3) is 10.9 Å². The first-order valence-electron chi connectivity index (χ1n) is 7.05. The molecular formula is C15H19BrN4. The predicted molar refractivity (Wildman–Crippen MR) is 86.2 cm³/mol. The lowest BCUT2D eigenvalue weighted by Gasteiger charge is -2.36. The Labute approximate surface area is 127 Å². The van der Waals surface area contributed by atoms with Crippen molar-refractivity contribution in [3.05, 3.63) is 28.9 Å². The fourth-order valence-corrected chi connectivity index (χ4v) is 2.96. The zero-order valence-corrected chi connectivity index (χ0v) is 13.5. The minimum absolute atomic E-state index is 0.618. The topological polar surface area (TPSA) is 32.3 Å². The Balaban J connectivity index is 1.79. The largest absolute Gasteiger partial charge is 0.338 e. The molecule has 20 heavy (non-hydrogen) atoms. The van der Waals surface area contributed by atoms with Gasteiger partial charge in [0.05, 0.1) is 5.52 Å². The molecule has 1 aliphatic rings. The van der Waals surface area contributed by atoms with E-state index in [9.17, 15) is 0 Å². The number of hydrogen-bond acceptors (Lipinski definition) is 4.